The fourth-order valence-electron chi connectivity index (χ4n) is 6.19. The molecule has 1 atom stereocenters. The summed E-state index contributed by atoms with van der Waals surface area (Å²) in [6.07, 6.45) is 2.57. The largest absolute Gasteiger partial charge is 0.496 e. The van der Waals surface area contributed by atoms with E-state index in [-0.39, 0.29) is 46.1 Å². The first-order valence-electron chi connectivity index (χ1n) is 16.0. The van der Waals surface area contributed by atoms with Gasteiger partial charge in [0.25, 0.3) is 5.91 Å². The van der Waals surface area contributed by atoms with Crippen molar-refractivity contribution in [2.75, 3.05) is 26.7 Å². The van der Waals surface area contributed by atoms with Gasteiger partial charge in [0.2, 0.25) is 5.91 Å². The van der Waals surface area contributed by atoms with Crippen LogP contribution in [0, 0.1) is 17.6 Å². The highest BCUT2D eigenvalue weighted by molar-refractivity contribution is 5.95. The number of nitrogens with zero attached hydrogens (tertiary/aromatic N) is 1. The average molecular weight is 619 g/mol. The molecule has 1 saturated heterocycles. The van der Waals surface area contributed by atoms with Crippen LogP contribution in [0.15, 0.2) is 60.7 Å². The first-order chi connectivity index (χ1) is 21.2. The highest BCUT2D eigenvalue weighted by Crippen LogP contribution is 2.40. The van der Waals surface area contributed by atoms with Crippen molar-refractivity contribution >= 4 is 11.8 Å². The van der Waals surface area contributed by atoms with Gasteiger partial charge >= 0.3 is 0 Å². The number of hydrogen-bond acceptors (Lipinski definition) is 3. The van der Waals surface area contributed by atoms with Gasteiger partial charge in [-0.25, -0.2) is 8.78 Å². The van der Waals surface area contributed by atoms with Crippen LogP contribution in [0.1, 0.15) is 106 Å². The van der Waals surface area contributed by atoms with E-state index >= 15 is 0 Å². The van der Waals surface area contributed by atoms with Gasteiger partial charge in [0, 0.05) is 48.7 Å². The fourth-order valence-corrected chi connectivity index (χ4v) is 6.19. The highest BCUT2D eigenvalue weighted by Gasteiger charge is 2.30. The number of hydrogen-bond donors (Lipinski definition) is 1. The molecule has 242 valence electrons. The second-order valence-corrected chi connectivity index (χ2v) is 14.4. The van der Waals surface area contributed by atoms with E-state index in [4.69, 9.17) is 4.74 Å². The second-order valence-electron chi connectivity index (χ2n) is 14.4. The van der Waals surface area contributed by atoms with Crippen LogP contribution in [0.5, 0.6) is 5.75 Å². The van der Waals surface area contributed by atoms with Crippen molar-refractivity contribution in [3.8, 4) is 5.75 Å². The molecule has 2 amide bonds. The highest BCUT2D eigenvalue weighted by atomic mass is 19.1. The maximum atomic E-state index is 13.6. The van der Waals surface area contributed by atoms with E-state index in [0.717, 1.165) is 34.4 Å². The van der Waals surface area contributed by atoms with Gasteiger partial charge in [-0.2, -0.15) is 0 Å². The van der Waals surface area contributed by atoms with Crippen LogP contribution in [-0.4, -0.2) is 43.5 Å². The first kappa shape index (κ1) is 34.1. The van der Waals surface area contributed by atoms with Crippen LogP contribution >= 0.6 is 0 Å². The molecule has 0 saturated carbocycles. The van der Waals surface area contributed by atoms with Gasteiger partial charge in [0.1, 0.15) is 17.4 Å². The van der Waals surface area contributed by atoms with Gasteiger partial charge in [0.05, 0.1) is 7.11 Å². The summed E-state index contributed by atoms with van der Waals surface area (Å²) < 4.78 is 33.0. The van der Waals surface area contributed by atoms with Crippen molar-refractivity contribution in [1.82, 2.24) is 10.2 Å². The normalized spacial score (nSPS) is 15.4. The Kier molecular flexibility index (Phi) is 10.7. The lowest BCUT2D eigenvalue weighted by Gasteiger charge is -2.29. The van der Waals surface area contributed by atoms with Crippen molar-refractivity contribution in [3.05, 3.63) is 100 Å². The Morgan fingerprint density at radius 2 is 1.40 bits per heavy atom. The molecule has 1 aliphatic rings. The summed E-state index contributed by atoms with van der Waals surface area (Å²) in [5.41, 5.74) is 4.09. The van der Waals surface area contributed by atoms with Crippen molar-refractivity contribution in [2.45, 2.75) is 84.0 Å². The molecule has 0 aromatic heterocycles. The third-order valence-electron chi connectivity index (χ3n) is 8.79. The number of likely N-dealkylation sites (tertiary alicyclic amines) is 1. The Labute approximate surface area is 267 Å². The van der Waals surface area contributed by atoms with E-state index in [1.165, 1.54) is 24.3 Å². The van der Waals surface area contributed by atoms with E-state index in [0.29, 0.717) is 44.5 Å². The molecular weight excluding hydrogens is 570 g/mol. The monoisotopic (exact) mass is 618 g/mol. The lowest BCUT2D eigenvalue weighted by molar-refractivity contribution is -0.130. The van der Waals surface area contributed by atoms with Crippen LogP contribution in [0.4, 0.5) is 8.78 Å². The third-order valence-corrected chi connectivity index (χ3v) is 8.79. The van der Waals surface area contributed by atoms with Gasteiger partial charge in [-0.1, -0.05) is 65.8 Å². The quantitative estimate of drug-likeness (QED) is 0.250. The van der Waals surface area contributed by atoms with E-state index in [1.54, 1.807) is 31.4 Å². The maximum Gasteiger partial charge on any atom is 0.251 e. The minimum Gasteiger partial charge on any atom is -0.496 e. The number of amides is 2. The molecule has 1 fully saturated rings. The molecule has 3 aromatic carbocycles. The van der Waals surface area contributed by atoms with Gasteiger partial charge in [-0.15, -0.1) is 0 Å². The Bertz CT molecular complexity index is 1390. The van der Waals surface area contributed by atoms with E-state index in [9.17, 15) is 18.4 Å². The molecule has 1 aliphatic heterocycles. The summed E-state index contributed by atoms with van der Waals surface area (Å²) >= 11 is 0. The van der Waals surface area contributed by atoms with E-state index in [2.05, 4.69) is 46.9 Å². The van der Waals surface area contributed by atoms with Crippen molar-refractivity contribution in [1.29, 1.82) is 0 Å². The topological polar surface area (TPSA) is 58.6 Å². The number of ether oxygens (including phenoxy) is 1. The smallest absolute Gasteiger partial charge is 0.251 e. The third kappa shape index (κ3) is 8.71. The minimum absolute atomic E-state index is 0.0592. The van der Waals surface area contributed by atoms with Crippen LogP contribution in [0.25, 0.3) is 0 Å². The van der Waals surface area contributed by atoms with E-state index < -0.39 is 0 Å². The maximum absolute atomic E-state index is 13.6. The molecule has 1 N–H and O–H groups in total. The number of benzene rings is 3. The first-order valence-corrected chi connectivity index (χ1v) is 16.0. The zero-order chi connectivity index (χ0) is 32.9. The molecule has 7 heteroatoms. The van der Waals surface area contributed by atoms with Gasteiger partial charge in [-0.3, -0.25) is 9.59 Å². The van der Waals surface area contributed by atoms with Crippen molar-refractivity contribution in [2.24, 2.45) is 5.92 Å². The standard InChI is InChI=1S/C38H48F2N2O3/c1-37(2,3)32-21-28(22-33(35(32)45-7)38(4,5)6)36(44)41-23-25-19-20-42(24-25)34(43)10-8-9-31(26-11-15-29(39)16-12-26)27-13-17-30(40)18-14-27/h11-18,21-22,25,31H,8-10,19-20,23-24H2,1-7H3,(H,41,44). The molecule has 5 nitrogen and oxygen atoms in total. The van der Waals surface area contributed by atoms with Crippen LogP contribution < -0.4 is 10.1 Å². The number of methoxy groups -OCH3 is 1. The SMILES string of the molecule is COc1c(C(C)(C)C)cc(C(=O)NCC2CCN(C(=O)CCCC(c3ccc(F)cc3)c3ccc(F)cc3)C2)cc1C(C)(C)C. The Hall–Kier alpha value is -3.74. The summed E-state index contributed by atoms with van der Waals surface area (Å²) in [5, 5.41) is 3.13. The van der Waals surface area contributed by atoms with Crippen LogP contribution in [0.2, 0.25) is 0 Å². The predicted octanol–water partition coefficient (Wildman–Crippen LogP) is 8.15. The lowest BCUT2D eigenvalue weighted by atomic mass is 9.78. The van der Waals surface area contributed by atoms with Gasteiger partial charge in [0.15, 0.2) is 0 Å². The zero-order valence-electron chi connectivity index (χ0n) is 27.8. The lowest BCUT2D eigenvalue weighted by Crippen LogP contribution is -2.33. The van der Waals surface area contributed by atoms with Crippen molar-refractivity contribution < 1.29 is 23.1 Å². The summed E-state index contributed by atoms with van der Waals surface area (Å²) in [4.78, 5) is 28.4. The summed E-state index contributed by atoms with van der Waals surface area (Å²) in [7, 11) is 1.68. The van der Waals surface area contributed by atoms with E-state index in [1.807, 2.05) is 17.0 Å². The molecule has 3 aromatic rings. The van der Waals surface area contributed by atoms with Gasteiger partial charge < -0.3 is 15.0 Å². The molecule has 1 unspecified atom stereocenters. The summed E-state index contributed by atoms with van der Waals surface area (Å²) in [6.45, 7) is 14.5. The molecule has 45 heavy (non-hydrogen) atoms. The molecule has 1 heterocycles. The van der Waals surface area contributed by atoms with Gasteiger partial charge in [-0.05, 0) is 83.5 Å². The summed E-state index contributed by atoms with van der Waals surface area (Å²) in [6, 6.07) is 16.6. The number of carbonyl (C=O) groups excluding carboxylic acids is 2. The van der Waals surface area contributed by atoms with Crippen LogP contribution in [-0.2, 0) is 15.6 Å². The number of carbonyl (C=O) groups is 2. The van der Waals surface area contributed by atoms with Crippen molar-refractivity contribution in [3.63, 3.8) is 0 Å². The minimum atomic E-state index is -0.306. The molecule has 0 bridgehead atoms. The number of nitrogens with one attached hydrogen (secondary N) is 1. The molecular formula is C38H48F2N2O3. The molecule has 0 radical (unpaired) electrons. The second kappa shape index (κ2) is 14.1. The zero-order valence-corrected chi connectivity index (χ0v) is 27.8. The summed E-state index contributed by atoms with van der Waals surface area (Å²) in [5.74, 6) is 0.326. The molecule has 4 rings (SSSR count). The molecule has 0 aliphatic carbocycles. The Morgan fingerprint density at radius 3 is 1.87 bits per heavy atom. The van der Waals surface area contributed by atoms with Crippen LogP contribution in [0.3, 0.4) is 0 Å². The fraction of sp³-hybridized carbons (Fsp3) is 0.474. The number of rotatable bonds is 10. The molecule has 0 spiro atoms. The predicted molar refractivity (Wildman–Crippen MR) is 176 cm³/mol. The number of halogens is 2. The Balaban J connectivity index is 1.34. The Morgan fingerprint density at radius 1 is 0.889 bits per heavy atom. The average Bonchev–Trinajstić information content (AvgIpc) is 3.47.